The van der Waals surface area contributed by atoms with Crippen molar-refractivity contribution in [2.75, 3.05) is 31.1 Å². The number of fused-ring (bicyclic) bond motifs is 1. The Morgan fingerprint density at radius 3 is 2.31 bits per heavy atom. The summed E-state index contributed by atoms with van der Waals surface area (Å²) in [5, 5.41) is 12.3. The highest BCUT2D eigenvalue weighted by Crippen LogP contribution is 2.32. The van der Waals surface area contributed by atoms with Crippen LogP contribution in [-0.4, -0.2) is 41.9 Å². The summed E-state index contributed by atoms with van der Waals surface area (Å²) >= 11 is 0. The van der Waals surface area contributed by atoms with E-state index in [4.69, 9.17) is 4.42 Å². The van der Waals surface area contributed by atoms with Crippen molar-refractivity contribution < 1.29 is 14.1 Å². The Kier molecular flexibility index (Phi) is 4.74. The van der Waals surface area contributed by atoms with Crippen LogP contribution in [0.4, 0.5) is 11.4 Å². The predicted molar refractivity (Wildman–Crippen MR) is 112 cm³/mol. The van der Waals surface area contributed by atoms with Crippen molar-refractivity contribution in [3.8, 4) is 0 Å². The van der Waals surface area contributed by atoms with Crippen LogP contribution in [0.15, 0.2) is 40.8 Å². The van der Waals surface area contributed by atoms with E-state index in [1.54, 1.807) is 23.1 Å². The van der Waals surface area contributed by atoms with Crippen molar-refractivity contribution in [1.82, 2.24) is 4.90 Å². The summed E-state index contributed by atoms with van der Waals surface area (Å²) in [6.07, 6.45) is 0. The van der Waals surface area contributed by atoms with E-state index < -0.39 is 0 Å². The first kappa shape index (κ1) is 19.0. The molecule has 0 unspecified atom stereocenters. The highest BCUT2D eigenvalue weighted by molar-refractivity contribution is 6.00. The van der Waals surface area contributed by atoms with E-state index in [-0.39, 0.29) is 16.5 Å². The van der Waals surface area contributed by atoms with E-state index in [2.05, 4.69) is 0 Å². The van der Waals surface area contributed by atoms with Crippen molar-refractivity contribution >= 4 is 28.3 Å². The van der Waals surface area contributed by atoms with Crippen LogP contribution in [0, 0.1) is 30.9 Å². The molecule has 150 valence electrons. The fourth-order valence-electron chi connectivity index (χ4n) is 4.06. The number of amides is 1. The number of furan rings is 1. The van der Waals surface area contributed by atoms with E-state index in [9.17, 15) is 14.9 Å². The van der Waals surface area contributed by atoms with Gasteiger partial charge in [-0.2, -0.15) is 0 Å². The zero-order valence-electron chi connectivity index (χ0n) is 16.8. The van der Waals surface area contributed by atoms with Crippen LogP contribution in [0.25, 0.3) is 11.0 Å². The Balaban J connectivity index is 1.56. The van der Waals surface area contributed by atoms with Gasteiger partial charge in [0.1, 0.15) is 11.3 Å². The quantitative estimate of drug-likeness (QED) is 0.491. The number of nitrogens with zero attached hydrogens (tertiary/aromatic N) is 3. The van der Waals surface area contributed by atoms with Gasteiger partial charge >= 0.3 is 0 Å². The molecule has 3 aromatic rings. The normalized spacial score (nSPS) is 14.4. The smallest absolute Gasteiger partial charge is 0.292 e. The molecular weight excluding hydrogens is 370 g/mol. The van der Waals surface area contributed by atoms with Crippen LogP contribution in [0.5, 0.6) is 0 Å². The lowest BCUT2D eigenvalue weighted by Gasteiger charge is -2.35. The largest absolute Gasteiger partial charge is 0.450 e. The molecule has 1 aliphatic rings. The summed E-state index contributed by atoms with van der Waals surface area (Å²) in [5.74, 6) is 0.260. The predicted octanol–water partition coefficient (Wildman–Crippen LogP) is 4.23. The molecule has 1 saturated heterocycles. The molecule has 1 aromatic heterocycles. The first-order valence-electron chi connectivity index (χ1n) is 9.65. The molecule has 0 spiro atoms. The fraction of sp³-hybridized carbons (Fsp3) is 0.318. The van der Waals surface area contributed by atoms with E-state index in [0.717, 1.165) is 27.7 Å². The Bertz CT molecular complexity index is 1110. The first-order chi connectivity index (χ1) is 13.9. The lowest BCUT2D eigenvalue weighted by molar-refractivity contribution is -0.384. The van der Waals surface area contributed by atoms with Gasteiger partial charge in [-0.15, -0.1) is 0 Å². The molecule has 4 rings (SSSR count). The average Bonchev–Trinajstić information content (AvgIpc) is 3.09. The Morgan fingerprint density at radius 2 is 1.66 bits per heavy atom. The molecule has 1 amide bonds. The van der Waals surface area contributed by atoms with Gasteiger partial charge in [0.05, 0.1) is 4.92 Å². The van der Waals surface area contributed by atoms with E-state index in [0.29, 0.717) is 37.6 Å². The van der Waals surface area contributed by atoms with E-state index >= 15 is 0 Å². The third-order valence-corrected chi connectivity index (χ3v) is 5.66. The number of para-hydroxylation sites is 2. The number of nitro groups is 1. The Labute approximate surface area is 168 Å². The molecule has 1 fully saturated rings. The SMILES string of the molecule is Cc1ccc(C)c2c(C)c(C(=O)N3CCN(c4ccccc4[N+](=O)[O-])CC3)oc12. The van der Waals surface area contributed by atoms with Crippen LogP contribution < -0.4 is 4.90 Å². The van der Waals surface area contributed by atoms with Crippen LogP contribution in [0.3, 0.4) is 0 Å². The monoisotopic (exact) mass is 393 g/mol. The van der Waals surface area contributed by atoms with Gasteiger partial charge < -0.3 is 14.2 Å². The lowest BCUT2D eigenvalue weighted by Crippen LogP contribution is -2.49. The number of carbonyl (C=O) groups excluding carboxylic acids is 1. The molecule has 0 saturated carbocycles. The van der Waals surface area contributed by atoms with E-state index in [1.165, 1.54) is 6.07 Å². The minimum absolute atomic E-state index is 0.0892. The molecule has 7 nitrogen and oxygen atoms in total. The second-order valence-electron chi connectivity index (χ2n) is 7.48. The highest BCUT2D eigenvalue weighted by Gasteiger charge is 2.29. The number of nitro benzene ring substituents is 1. The maximum Gasteiger partial charge on any atom is 0.292 e. The summed E-state index contributed by atoms with van der Waals surface area (Å²) in [6, 6.07) is 10.8. The molecule has 0 atom stereocenters. The summed E-state index contributed by atoms with van der Waals surface area (Å²) < 4.78 is 5.99. The number of hydrogen-bond donors (Lipinski definition) is 0. The second-order valence-corrected chi connectivity index (χ2v) is 7.48. The second kappa shape index (κ2) is 7.24. The first-order valence-corrected chi connectivity index (χ1v) is 9.65. The van der Waals surface area contributed by atoms with Gasteiger partial charge in [-0.1, -0.05) is 24.3 Å². The Morgan fingerprint density at radius 1 is 1.00 bits per heavy atom. The molecule has 0 bridgehead atoms. The molecule has 0 N–H and O–H groups in total. The standard InChI is InChI=1S/C22H23N3O4/c1-14-8-9-15(2)20-19(14)16(3)21(29-20)22(26)24-12-10-23(11-13-24)17-6-4-5-7-18(17)25(27)28/h4-9H,10-13H2,1-3H3. The number of rotatable bonds is 3. The number of benzene rings is 2. The van der Waals surface area contributed by atoms with Gasteiger partial charge in [0, 0.05) is 43.2 Å². The summed E-state index contributed by atoms with van der Waals surface area (Å²) in [5.41, 5.74) is 4.42. The fourth-order valence-corrected chi connectivity index (χ4v) is 4.06. The van der Waals surface area contributed by atoms with Gasteiger partial charge in [-0.3, -0.25) is 14.9 Å². The van der Waals surface area contributed by atoms with Crippen molar-refractivity contribution in [2.45, 2.75) is 20.8 Å². The minimum Gasteiger partial charge on any atom is -0.450 e. The van der Waals surface area contributed by atoms with E-state index in [1.807, 2.05) is 37.8 Å². The number of aryl methyl sites for hydroxylation is 3. The molecule has 2 aromatic carbocycles. The van der Waals surface area contributed by atoms with Crippen LogP contribution in [-0.2, 0) is 0 Å². The topological polar surface area (TPSA) is 79.8 Å². The van der Waals surface area contributed by atoms with Gasteiger partial charge in [0.15, 0.2) is 5.76 Å². The number of carbonyl (C=O) groups is 1. The molecular formula is C22H23N3O4. The molecule has 2 heterocycles. The molecule has 0 aliphatic carbocycles. The van der Waals surface area contributed by atoms with Crippen molar-refractivity contribution in [1.29, 1.82) is 0 Å². The third kappa shape index (κ3) is 3.22. The Hall–Kier alpha value is -3.35. The maximum atomic E-state index is 13.1. The summed E-state index contributed by atoms with van der Waals surface area (Å²) in [7, 11) is 0. The summed E-state index contributed by atoms with van der Waals surface area (Å²) in [4.78, 5) is 27.8. The zero-order valence-corrected chi connectivity index (χ0v) is 16.8. The highest BCUT2D eigenvalue weighted by atomic mass is 16.6. The molecule has 1 aliphatic heterocycles. The number of hydrogen-bond acceptors (Lipinski definition) is 5. The minimum atomic E-state index is -0.366. The number of anilines is 1. The molecule has 7 heteroatoms. The summed E-state index contributed by atoms with van der Waals surface area (Å²) in [6.45, 7) is 7.96. The van der Waals surface area contributed by atoms with Crippen LogP contribution in [0.1, 0.15) is 27.2 Å². The molecule has 0 radical (unpaired) electrons. The van der Waals surface area contributed by atoms with Gasteiger partial charge in [-0.05, 0) is 38.0 Å². The van der Waals surface area contributed by atoms with Crippen molar-refractivity contribution in [2.24, 2.45) is 0 Å². The van der Waals surface area contributed by atoms with Crippen molar-refractivity contribution in [3.05, 3.63) is 69.0 Å². The van der Waals surface area contributed by atoms with Gasteiger partial charge in [-0.25, -0.2) is 0 Å². The maximum absolute atomic E-state index is 13.1. The molecule has 29 heavy (non-hydrogen) atoms. The third-order valence-electron chi connectivity index (χ3n) is 5.66. The van der Waals surface area contributed by atoms with Crippen molar-refractivity contribution in [3.63, 3.8) is 0 Å². The van der Waals surface area contributed by atoms with Crippen LogP contribution in [0.2, 0.25) is 0 Å². The average molecular weight is 393 g/mol. The number of piperazine rings is 1. The lowest BCUT2D eigenvalue weighted by atomic mass is 10.0. The van der Waals surface area contributed by atoms with Gasteiger partial charge in [0.25, 0.3) is 11.6 Å². The van der Waals surface area contributed by atoms with Gasteiger partial charge in [0.2, 0.25) is 0 Å². The van der Waals surface area contributed by atoms with Crippen LogP contribution >= 0.6 is 0 Å². The zero-order chi connectivity index (χ0) is 20.7.